The maximum atomic E-state index is 10.5. The highest BCUT2D eigenvalue weighted by atomic mass is 16.6. The van der Waals surface area contributed by atoms with Crippen molar-refractivity contribution < 1.29 is 15.1 Å². The Balaban J connectivity index is 1.74. The van der Waals surface area contributed by atoms with Gasteiger partial charge >= 0.3 is 0 Å². The molecular formula is C19H27NO3. The molecule has 6 unspecified atom stereocenters. The molecule has 4 nitrogen and oxygen atoms in total. The summed E-state index contributed by atoms with van der Waals surface area (Å²) < 4.78 is 0. The zero-order valence-electron chi connectivity index (χ0n) is 13.7. The van der Waals surface area contributed by atoms with Crippen LogP contribution < -0.4 is 5.90 Å². The molecule has 126 valence electrons. The zero-order chi connectivity index (χ0) is 16.2. The van der Waals surface area contributed by atoms with Crippen LogP contribution in [0, 0.1) is 17.3 Å². The van der Waals surface area contributed by atoms with E-state index in [4.69, 9.17) is 10.7 Å². The van der Waals surface area contributed by atoms with Gasteiger partial charge in [0.15, 0.2) is 0 Å². The summed E-state index contributed by atoms with van der Waals surface area (Å²) in [5, 5.41) is 20.4. The summed E-state index contributed by atoms with van der Waals surface area (Å²) in [4.78, 5) is 4.98. The number of nitrogens with two attached hydrogens (primary N) is 1. The highest BCUT2D eigenvalue weighted by Gasteiger charge is 2.55. The number of rotatable bonds is 2. The second-order valence-corrected chi connectivity index (χ2v) is 8.09. The fraction of sp³-hybridized carbons (Fsp3) is 0.684. The van der Waals surface area contributed by atoms with Gasteiger partial charge < -0.3 is 15.1 Å². The van der Waals surface area contributed by atoms with E-state index < -0.39 is 0 Å². The van der Waals surface area contributed by atoms with Gasteiger partial charge in [-0.25, -0.2) is 5.90 Å². The molecule has 0 aliphatic heterocycles. The minimum Gasteiger partial charge on any atom is -0.508 e. The van der Waals surface area contributed by atoms with Crippen molar-refractivity contribution >= 4 is 0 Å². The summed E-state index contributed by atoms with van der Waals surface area (Å²) in [5.74, 6) is 7.65. The van der Waals surface area contributed by atoms with Crippen LogP contribution in [0.1, 0.15) is 62.0 Å². The van der Waals surface area contributed by atoms with E-state index in [1.807, 2.05) is 6.07 Å². The lowest BCUT2D eigenvalue weighted by molar-refractivity contribution is -0.0283. The third kappa shape index (κ3) is 2.23. The van der Waals surface area contributed by atoms with Crippen molar-refractivity contribution in [2.24, 2.45) is 23.1 Å². The van der Waals surface area contributed by atoms with Crippen molar-refractivity contribution in [2.75, 3.05) is 6.61 Å². The number of aliphatic hydroxyl groups excluding tert-OH is 1. The standard InChI is InChI=1S/C19H27NO3/c1-19-7-6-14-13-3-2-12(21)9-15(13)11(10-23-20)8-16(14)17(19)4-5-18(19)22/h2-3,9,11,14,16-18,21-22H,4-8,10,20H2,1H3. The lowest BCUT2D eigenvalue weighted by atomic mass is 9.54. The molecule has 0 aromatic heterocycles. The monoisotopic (exact) mass is 317 g/mol. The van der Waals surface area contributed by atoms with Crippen LogP contribution in [0.25, 0.3) is 0 Å². The van der Waals surface area contributed by atoms with Gasteiger partial charge in [-0.2, -0.15) is 0 Å². The number of benzene rings is 1. The first-order valence-corrected chi connectivity index (χ1v) is 8.87. The Kier molecular flexibility index (Phi) is 3.67. The number of aromatic hydroxyl groups is 1. The molecule has 3 aliphatic rings. The predicted molar refractivity (Wildman–Crippen MR) is 87.9 cm³/mol. The van der Waals surface area contributed by atoms with E-state index >= 15 is 0 Å². The van der Waals surface area contributed by atoms with Gasteiger partial charge in [-0.05, 0) is 78.5 Å². The van der Waals surface area contributed by atoms with Crippen LogP contribution in [0.5, 0.6) is 5.75 Å². The molecule has 23 heavy (non-hydrogen) atoms. The van der Waals surface area contributed by atoms with E-state index in [1.165, 1.54) is 11.1 Å². The second-order valence-electron chi connectivity index (χ2n) is 8.09. The van der Waals surface area contributed by atoms with E-state index in [0.29, 0.717) is 30.1 Å². The molecule has 1 aromatic carbocycles. The van der Waals surface area contributed by atoms with Gasteiger partial charge in [-0.15, -0.1) is 0 Å². The maximum Gasteiger partial charge on any atom is 0.115 e. The van der Waals surface area contributed by atoms with Crippen LogP contribution >= 0.6 is 0 Å². The van der Waals surface area contributed by atoms with Gasteiger partial charge in [0.2, 0.25) is 0 Å². The zero-order valence-corrected chi connectivity index (χ0v) is 13.7. The SMILES string of the molecule is CC12CCC3c4ccc(O)cc4C(CON)CC3C1CCC2O. The van der Waals surface area contributed by atoms with Gasteiger partial charge in [0.25, 0.3) is 0 Å². The van der Waals surface area contributed by atoms with Crippen molar-refractivity contribution in [3.63, 3.8) is 0 Å². The number of hydrogen-bond donors (Lipinski definition) is 3. The summed E-state index contributed by atoms with van der Waals surface area (Å²) in [7, 11) is 0. The molecule has 0 saturated heterocycles. The summed E-state index contributed by atoms with van der Waals surface area (Å²) >= 11 is 0. The Morgan fingerprint density at radius 3 is 2.87 bits per heavy atom. The van der Waals surface area contributed by atoms with Crippen LogP contribution in [0.4, 0.5) is 0 Å². The van der Waals surface area contributed by atoms with Crippen LogP contribution in [-0.4, -0.2) is 22.9 Å². The normalized spacial score (nSPS) is 42.0. The van der Waals surface area contributed by atoms with Crippen LogP contribution in [0.2, 0.25) is 0 Å². The summed E-state index contributed by atoms with van der Waals surface area (Å²) in [6.45, 7) is 2.78. The topological polar surface area (TPSA) is 75.7 Å². The van der Waals surface area contributed by atoms with Gasteiger partial charge in [-0.1, -0.05) is 13.0 Å². The molecule has 1 aromatic rings. The van der Waals surface area contributed by atoms with Gasteiger partial charge in [0, 0.05) is 5.92 Å². The van der Waals surface area contributed by atoms with E-state index in [1.54, 1.807) is 6.07 Å². The largest absolute Gasteiger partial charge is 0.508 e. The Morgan fingerprint density at radius 2 is 2.09 bits per heavy atom. The van der Waals surface area contributed by atoms with Crippen LogP contribution in [-0.2, 0) is 4.84 Å². The summed E-state index contributed by atoms with van der Waals surface area (Å²) in [6.07, 6.45) is 5.18. The first-order valence-electron chi connectivity index (χ1n) is 8.87. The molecule has 0 bridgehead atoms. The molecular weight excluding hydrogens is 290 g/mol. The first-order chi connectivity index (χ1) is 11.0. The predicted octanol–water partition coefficient (Wildman–Crippen LogP) is 3.04. The van der Waals surface area contributed by atoms with Crippen molar-refractivity contribution in [1.82, 2.24) is 0 Å². The highest BCUT2D eigenvalue weighted by molar-refractivity contribution is 5.42. The Labute approximate surface area is 137 Å². The second kappa shape index (κ2) is 5.47. The van der Waals surface area contributed by atoms with Crippen molar-refractivity contribution in [3.8, 4) is 5.75 Å². The molecule has 2 fully saturated rings. The smallest absolute Gasteiger partial charge is 0.115 e. The molecule has 4 N–H and O–H groups in total. The van der Waals surface area contributed by atoms with Gasteiger partial charge in [0.05, 0.1) is 12.7 Å². The Morgan fingerprint density at radius 1 is 1.26 bits per heavy atom. The first kappa shape index (κ1) is 15.4. The molecule has 4 rings (SSSR count). The lowest BCUT2D eigenvalue weighted by Crippen LogP contribution is -2.44. The van der Waals surface area contributed by atoms with E-state index in [9.17, 15) is 10.2 Å². The molecule has 2 saturated carbocycles. The minimum absolute atomic E-state index is 0.0731. The molecule has 4 heteroatoms. The summed E-state index contributed by atoms with van der Waals surface area (Å²) in [5.41, 5.74) is 2.65. The fourth-order valence-corrected chi connectivity index (χ4v) is 5.96. The van der Waals surface area contributed by atoms with E-state index in [0.717, 1.165) is 32.1 Å². The number of hydrogen-bond acceptors (Lipinski definition) is 4. The van der Waals surface area contributed by atoms with Crippen molar-refractivity contribution in [2.45, 2.75) is 57.0 Å². The fourth-order valence-electron chi connectivity index (χ4n) is 5.96. The number of phenolic OH excluding ortho intramolecular Hbond substituents is 1. The van der Waals surface area contributed by atoms with Crippen molar-refractivity contribution in [1.29, 1.82) is 0 Å². The Hall–Kier alpha value is -1.10. The molecule has 0 spiro atoms. The highest BCUT2D eigenvalue weighted by Crippen LogP contribution is 2.62. The maximum absolute atomic E-state index is 10.5. The van der Waals surface area contributed by atoms with E-state index in [-0.39, 0.29) is 17.4 Å². The third-order valence-electron chi connectivity index (χ3n) is 7.15. The quantitative estimate of drug-likeness (QED) is 0.733. The molecule has 6 atom stereocenters. The minimum atomic E-state index is -0.154. The van der Waals surface area contributed by atoms with Crippen LogP contribution in [0.15, 0.2) is 18.2 Å². The third-order valence-corrected chi connectivity index (χ3v) is 7.15. The molecule has 3 aliphatic carbocycles. The van der Waals surface area contributed by atoms with Crippen molar-refractivity contribution in [3.05, 3.63) is 29.3 Å². The Bertz CT molecular complexity index is 604. The molecule has 0 amide bonds. The van der Waals surface area contributed by atoms with E-state index in [2.05, 4.69) is 13.0 Å². The average molecular weight is 317 g/mol. The number of fused-ring (bicyclic) bond motifs is 5. The molecule has 0 heterocycles. The van der Waals surface area contributed by atoms with Gasteiger partial charge in [-0.3, -0.25) is 0 Å². The number of phenols is 1. The van der Waals surface area contributed by atoms with Crippen LogP contribution in [0.3, 0.4) is 0 Å². The lowest BCUT2D eigenvalue weighted by Gasteiger charge is -2.51. The average Bonchev–Trinajstić information content (AvgIpc) is 2.83. The number of aliphatic hydroxyl groups is 1. The van der Waals surface area contributed by atoms with Gasteiger partial charge in [0.1, 0.15) is 5.75 Å². The summed E-state index contributed by atoms with van der Waals surface area (Å²) in [6, 6.07) is 5.80. The molecule has 0 radical (unpaired) electrons.